The van der Waals surface area contributed by atoms with Gasteiger partial charge in [-0.05, 0) is 6.42 Å². The second-order valence-corrected chi connectivity index (χ2v) is 7.74. The van der Waals surface area contributed by atoms with Crippen molar-refractivity contribution in [2.24, 2.45) is 0 Å². The predicted octanol–water partition coefficient (Wildman–Crippen LogP) is 3.65. The Balaban J connectivity index is 1.54. The van der Waals surface area contributed by atoms with Crippen LogP contribution in [0.25, 0.3) is 0 Å². The molecular formula is C21H41NO4. The minimum absolute atomic E-state index is 0.0753. The van der Waals surface area contributed by atoms with Gasteiger partial charge in [0.05, 0.1) is 38.6 Å². The summed E-state index contributed by atoms with van der Waals surface area (Å²) in [4.78, 5) is 2.40. The van der Waals surface area contributed by atoms with Crippen molar-refractivity contribution in [2.45, 2.75) is 83.0 Å². The summed E-state index contributed by atoms with van der Waals surface area (Å²) in [6.07, 6.45) is 12.2. The molecule has 5 heteroatoms. The third kappa shape index (κ3) is 8.66. The molecule has 0 spiro atoms. The van der Waals surface area contributed by atoms with E-state index in [-0.39, 0.29) is 12.2 Å². The van der Waals surface area contributed by atoms with Gasteiger partial charge in [-0.1, -0.05) is 51.9 Å². The lowest BCUT2D eigenvalue weighted by Gasteiger charge is -2.36. The van der Waals surface area contributed by atoms with Crippen molar-refractivity contribution in [3.63, 3.8) is 0 Å². The summed E-state index contributed by atoms with van der Waals surface area (Å²) in [6.45, 7) is 8.36. The minimum Gasteiger partial charge on any atom is -0.379 e. The molecule has 0 saturated carbocycles. The van der Waals surface area contributed by atoms with E-state index in [4.69, 9.17) is 18.9 Å². The highest BCUT2D eigenvalue weighted by Gasteiger charge is 2.31. The fourth-order valence-electron chi connectivity index (χ4n) is 3.91. The van der Waals surface area contributed by atoms with Crippen LogP contribution in [0.5, 0.6) is 0 Å². The molecule has 2 heterocycles. The molecule has 2 aliphatic rings. The SMILES string of the molecule is CCCCCCCCCC1CC(OC)C(OCCN2CCOCC2)CO1. The summed E-state index contributed by atoms with van der Waals surface area (Å²) in [5, 5.41) is 0. The Morgan fingerprint density at radius 1 is 0.962 bits per heavy atom. The van der Waals surface area contributed by atoms with Crippen LogP contribution >= 0.6 is 0 Å². The predicted molar refractivity (Wildman–Crippen MR) is 105 cm³/mol. The first-order valence-corrected chi connectivity index (χ1v) is 10.9. The zero-order valence-electron chi connectivity index (χ0n) is 17.1. The molecule has 0 amide bonds. The molecule has 0 aromatic rings. The van der Waals surface area contributed by atoms with Crippen LogP contribution in [-0.2, 0) is 18.9 Å². The molecule has 26 heavy (non-hydrogen) atoms. The van der Waals surface area contributed by atoms with E-state index in [1.165, 1.54) is 44.9 Å². The molecule has 2 aliphatic heterocycles. The largest absolute Gasteiger partial charge is 0.379 e. The third-order valence-corrected chi connectivity index (χ3v) is 5.68. The second-order valence-electron chi connectivity index (χ2n) is 7.74. The molecule has 3 unspecified atom stereocenters. The molecule has 0 bridgehead atoms. The highest BCUT2D eigenvalue weighted by atomic mass is 16.6. The fraction of sp³-hybridized carbons (Fsp3) is 1.00. The summed E-state index contributed by atoms with van der Waals surface area (Å²) in [7, 11) is 1.80. The normalized spacial score (nSPS) is 27.7. The molecule has 0 aromatic carbocycles. The molecule has 5 nitrogen and oxygen atoms in total. The molecule has 0 aromatic heterocycles. The lowest BCUT2D eigenvalue weighted by molar-refractivity contribution is -0.158. The Hall–Kier alpha value is -0.200. The molecular weight excluding hydrogens is 330 g/mol. The van der Waals surface area contributed by atoms with Crippen LogP contribution in [0.2, 0.25) is 0 Å². The number of morpholine rings is 1. The lowest BCUT2D eigenvalue weighted by Crippen LogP contribution is -2.45. The van der Waals surface area contributed by atoms with Gasteiger partial charge < -0.3 is 18.9 Å². The van der Waals surface area contributed by atoms with Crippen LogP contribution in [0.1, 0.15) is 64.7 Å². The quantitative estimate of drug-likeness (QED) is 0.462. The molecule has 3 atom stereocenters. The Bertz CT molecular complexity index is 336. The highest BCUT2D eigenvalue weighted by Crippen LogP contribution is 2.23. The van der Waals surface area contributed by atoms with Gasteiger partial charge in [-0.25, -0.2) is 0 Å². The molecule has 0 N–H and O–H groups in total. The molecule has 0 aliphatic carbocycles. The molecule has 2 saturated heterocycles. The summed E-state index contributed by atoms with van der Waals surface area (Å²) in [6, 6.07) is 0. The lowest BCUT2D eigenvalue weighted by atomic mass is 9.98. The fourth-order valence-corrected chi connectivity index (χ4v) is 3.91. The van der Waals surface area contributed by atoms with E-state index in [1.54, 1.807) is 7.11 Å². The van der Waals surface area contributed by atoms with Crippen molar-refractivity contribution in [3.05, 3.63) is 0 Å². The first kappa shape index (κ1) is 22.1. The van der Waals surface area contributed by atoms with Gasteiger partial charge in [0.15, 0.2) is 0 Å². The highest BCUT2D eigenvalue weighted by molar-refractivity contribution is 4.80. The third-order valence-electron chi connectivity index (χ3n) is 5.68. The molecule has 0 radical (unpaired) electrons. The standard InChI is InChI=1S/C21H41NO4/c1-3-4-5-6-7-8-9-10-19-17-20(23-2)21(18-26-19)25-16-13-22-11-14-24-15-12-22/h19-21H,3-18H2,1-2H3. The van der Waals surface area contributed by atoms with Gasteiger partial charge >= 0.3 is 0 Å². The van der Waals surface area contributed by atoms with E-state index in [2.05, 4.69) is 11.8 Å². The summed E-state index contributed by atoms with van der Waals surface area (Å²) in [5.74, 6) is 0. The van der Waals surface area contributed by atoms with Gasteiger partial charge in [-0.2, -0.15) is 0 Å². The van der Waals surface area contributed by atoms with Crippen LogP contribution in [-0.4, -0.2) is 76.4 Å². The Labute approximate surface area is 160 Å². The minimum atomic E-state index is 0.0753. The topological polar surface area (TPSA) is 40.2 Å². The molecule has 2 fully saturated rings. The summed E-state index contributed by atoms with van der Waals surface area (Å²) < 4.78 is 23.3. The summed E-state index contributed by atoms with van der Waals surface area (Å²) >= 11 is 0. The molecule has 2 rings (SSSR count). The van der Waals surface area contributed by atoms with Crippen molar-refractivity contribution in [2.75, 3.05) is 53.2 Å². The Kier molecular flexibility index (Phi) is 11.8. The van der Waals surface area contributed by atoms with E-state index < -0.39 is 0 Å². The van der Waals surface area contributed by atoms with Crippen LogP contribution in [0, 0.1) is 0 Å². The van der Waals surface area contributed by atoms with Gasteiger partial charge in [0.2, 0.25) is 0 Å². The maximum Gasteiger partial charge on any atom is 0.107 e. The number of nitrogens with zero attached hydrogens (tertiary/aromatic N) is 1. The number of hydrogen-bond acceptors (Lipinski definition) is 5. The molecule has 154 valence electrons. The first-order chi connectivity index (χ1) is 12.8. The second kappa shape index (κ2) is 13.9. The maximum atomic E-state index is 6.09. The Morgan fingerprint density at radius 2 is 1.69 bits per heavy atom. The maximum absolute atomic E-state index is 6.09. The van der Waals surface area contributed by atoms with Crippen LogP contribution in [0.15, 0.2) is 0 Å². The summed E-state index contributed by atoms with van der Waals surface area (Å²) in [5.41, 5.74) is 0. The van der Waals surface area contributed by atoms with Crippen LogP contribution < -0.4 is 0 Å². The van der Waals surface area contributed by atoms with Gasteiger partial charge in [0.1, 0.15) is 6.10 Å². The van der Waals surface area contributed by atoms with Crippen molar-refractivity contribution >= 4 is 0 Å². The van der Waals surface area contributed by atoms with Crippen molar-refractivity contribution in [3.8, 4) is 0 Å². The van der Waals surface area contributed by atoms with Crippen molar-refractivity contribution in [1.29, 1.82) is 0 Å². The monoisotopic (exact) mass is 371 g/mol. The average molecular weight is 372 g/mol. The number of methoxy groups -OCH3 is 1. The number of rotatable bonds is 13. The van der Waals surface area contributed by atoms with E-state index in [0.717, 1.165) is 52.3 Å². The first-order valence-electron chi connectivity index (χ1n) is 10.9. The zero-order chi connectivity index (χ0) is 18.5. The van der Waals surface area contributed by atoms with Gasteiger partial charge in [-0.15, -0.1) is 0 Å². The van der Waals surface area contributed by atoms with Gasteiger partial charge in [0.25, 0.3) is 0 Å². The van der Waals surface area contributed by atoms with E-state index in [9.17, 15) is 0 Å². The zero-order valence-corrected chi connectivity index (χ0v) is 17.1. The average Bonchev–Trinajstić information content (AvgIpc) is 2.69. The van der Waals surface area contributed by atoms with Crippen LogP contribution in [0.3, 0.4) is 0 Å². The van der Waals surface area contributed by atoms with E-state index in [0.29, 0.717) is 12.7 Å². The number of hydrogen-bond donors (Lipinski definition) is 0. The number of unbranched alkanes of at least 4 members (excludes halogenated alkanes) is 6. The van der Waals surface area contributed by atoms with Crippen molar-refractivity contribution < 1.29 is 18.9 Å². The van der Waals surface area contributed by atoms with E-state index in [1.807, 2.05) is 0 Å². The smallest absolute Gasteiger partial charge is 0.107 e. The van der Waals surface area contributed by atoms with Gasteiger partial charge in [0, 0.05) is 33.2 Å². The Morgan fingerprint density at radius 3 is 2.42 bits per heavy atom. The van der Waals surface area contributed by atoms with Crippen LogP contribution in [0.4, 0.5) is 0 Å². The van der Waals surface area contributed by atoms with E-state index >= 15 is 0 Å². The van der Waals surface area contributed by atoms with Gasteiger partial charge in [-0.3, -0.25) is 4.90 Å². The number of ether oxygens (including phenoxy) is 4. The van der Waals surface area contributed by atoms with Crippen molar-refractivity contribution in [1.82, 2.24) is 4.90 Å².